The minimum absolute atomic E-state index is 0.0805. The molecule has 0 atom stereocenters. The number of benzene rings is 2. The third kappa shape index (κ3) is 2.96. The van der Waals surface area contributed by atoms with Gasteiger partial charge >= 0.3 is 156 Å². The molecule has 0 bridgehead atoms. The first-order chi connectivity index (χ1) is 12.5. The second-order valence-corrected chi connectivity index (χ2v) is 8.33. The van der Waals surface area contributed by atoms with Crippen LogP contribution in [0.4, 0.5) is 0 Å². The zero-order chi connectivity index (χ0) is 18.3. The molecule has 128 valence electrons. The second kappa shape index (κ2) is 6.33. The van der Waals surface area contributed by atoms with Gasteiger partial charge in [-0.15, -0.1) is 0 Å². The Kier molecular flexibility index (Phi) is 3.99. The third-order valence-electron chi connectivity index (χ3n) is 4.28. The maximum absolute atomic E-state index is 7.58. The van der Waals surface area contributed by atoms with Crippen LogP contribution in [-0.4, -0.2) is 31.2 Å². The fraction of sp³-hybridized carbons (Fsp3) is 0. The Morgan fingerprint density at radius 1 is 0.769 bits per heavy atom. The van der Waals surface area contributed by atoms with Crippen molar-refractivity contribution in [3.05, 3.63) is 71.8 Å². The topological polar surface area (TPSA) is 116 Å². The van der Waals surface area contributed by atoms with Gasteiger partial charge in [0.25, 0.3) is 0 Å². The van der Waals surface area contributed by atoms with Gasteiger partial charge in [-0.05, 0) is 0 Å². The van der Waals surface area contributed by atoms with E-state index in [2.05, 4.69) is 23.2 Å². The summed E-state index contributed by atoms with van der Waals surface area (Å²) >= 11 is 0.196. The third-order valence-corrected chi connectivity index (χ3v) is 6.73. The summed E-state index contributed by atoms with van der Waals surface area (Å²) in [4.78, 5) is 3.46. The van der Waals surface area contributed by atoms with Crippen molar-refractivity contribution >= 4 is 37.1 Å². The molecule has 2 aromatic carbocycles. The molecule has 0 saturated heterocycles. The quantitative estimate of drug-likeness (QED) is 0.204. The summed E-state index contributed by atoms with van der Waals surface area (Å²) in [6.45, 7) is 0. The first kappa shape index (κ1) is 16.4. The van der Waals surface area contributed by atoms with Gasteiger partial charge in [-0.3, -0.25) is 0 Å². The first-order valence-electron chi connectivity index (χ1n) is 8.03. The van der Waals surface area contributed by atoms with E-state index in [9.17, 15) is 0 Å². The van der Waals surface area contributed by atoms with E-state index in [0.717, 1.165) is 33.3 Å². The molecule has 5 nitrogen and oxygen atoms in total. The molecule has 26 heavy (non-hydrogen) atoms. The van der Waals surface area contributed by atoms with Crippen molar-refractivity contribution in [1.29, 1.82) is 10.8 Å². The monoisotopic (exact) mass is 407 g/mol. The second-order valence-electron chi connectivity index (χ2n) is 6.05. The van der Waals surface area contributed by atoms with E-state index >= 15 is 0 Å². The fourth-order valence-corrected chi connectivity index (χ4v) is 4.95. The van der Waals surface area contributed by atoms with Gasteiger partial charge in [0.2, 0.25) is 0 Å². The van der Waals surface area contributed by atoms with Crippen LogP contribution in [0.1, 0.15) is 11.1 Å². The van der Waals surface area contributed by atoms with Crippen molar-refractivity contribution in [2.24, 2.45) is 11.5 Å². The van der Waals surface area contributed by atoms with Crippen LogP contribution in [0.15, 0.2) is 60.7 Å². The molecule has 0 fully saturated rings. The average Bonchev–Trinajstić information content (AvgIpc) is 3.27. The zero-order valence-corrected chi connectivity index (χ0v) is 15.5. The molecule has 0 amide bonds. The number of fused-ring (bicyclic) bond motifs is 1. The van der Waals surface area contributed by atoms with Crippen LogP contribution in [0.5, 0.6) is 0 Å². The van der Waals surface area contributed by atoms with Crippen LogP contribution in [0.3, 0.4) is 0 Å². The Morgan fingerprint density at radius 2 is 1.42 bits per heavy atom. The Morgan fingerprint density at radius 3 is 2.12 bits per heavy atom. The summed E-state index contributed by atoms with van der Waals surface area (Å²) in [7, 11) is 0. The average molecular weight is 406 g/mol. The van der Waals surface area contributed by atoms with Crippen LogP contribution < -0.4 is 11.5 Å². The summed E-state index contributed by atoms with van der Waals surface area (Å²) in [6, 6.07) is 20.0. The molecule has 4 rings (SSSR count). The van der Waals surface area contributed by atoms with E-state index in [-0.39, 0.29) is 26.2 Å². The molecule has 6 heteroatoms. The van der Waals surface area contributed by atoms with Crippen LogP contribution in [0, 0.1) is 10.8 Å². The molecule has 7 N–H and O–H groups in total. The number of amidine groups is 2. The molecular weight excluding hydrogens is 389 g/mol. The predicted molar refractivity (Wildman–Crippen MR) is 108 cm³/mol. The normalized spacial score (nSPS) is 10.9. The fourth-order valence-electron chi connectivity index (χ4n) is 2.88. The van der Waals surface area contributed by atoms with Gasteiger partial charge in [-0.2, -0.15) is 0 Å². The summed E-state index contributed by atoms with van der Waals surface area (Å²) in [6.07, 6.45) is 0. The molecule has 2 heterocycles. The Bertz CT molecular complexity index is 1130. The Balaban J connectivity index is 1.68. The summed E-state index contributed by atoms with van der Waals surface area (Å²) in [5.41, 5.74) is 15.9. The van der Waals surface area contributed by atoms with Crippen molar-refractivity contribution in [3.63, 3.8) is 0 Å². The Hall–Kier alpha value is -3.08. The Labute approximate surface area is 156 Å². The van der Waals surface area contributed by atoms with Gasteiger partial charge in [0.1, 0.15) is 0 Å². The molecule has 4 aromatic rings. The number of hydrogen-bond acceptors (Lipinski definition) is 2. The molecule has 0 aliphatic heterocycles. The molecule has 0 spiro atoms. The first-order valence-corrected chi connectivity index (χ1v) is 9.75. The van der Waals surface area contributed by atoms with E-state index in [1.807, 2.05) is 42.5 Å². The molecule has 0 aliphatic rings. The number of aromatic nitrogens is 1. The number of nitrogens with two attached hydrogens (primary N) is 2. The van der Waals surface area contributed by atoms with Crippen LogP contribution in [-0.2, 0) is 0 Å². The van der Waals surface area contributed by atoms with Crippen LogP contribution in [0.25, 0.3) is 31.0 Å². The van der Waals surface area contributed by atoms with Crippen molar-refractivity contribution in [3.8, 4) is 20.1 Å². The van der Waals surface area contributed by atoms with Crippen molar-refractivity contribution in [2.45, 2.75) is 0 Å². The van der Waals surface area contributed by atoms with Gasteiger partial charge in [0.05, 0.1) is 0 Å². The summed E-state index contributed by atoms with van der Waals surface area (Å²) in [5.74, 6) is 0.168. The summed E-state index contributed by atoms with van der Waals surface area (Å²) < 4.78 is 2.58. The molecule has 0 radical (unpaired) electrons. The standard InChI is InChI=1S/C20H17N5Se/c21-19(22)12-3-1-11(2-4-12)17-7-8-18(26-17)16-10-14-9-13(20(23)24)5-6-15(14)25-16/h1-10,25H,(H3,21,22)(H3,23,24). The van der Waals surface area contributed by atoms with Gasteiger partial charge in [0.15, 0.2) is 0 Å². The molecule has 0 aliphatic carbocycles. The number of H-pyrrole nitrogens is 1. The number of aromatic amines is 1. The number of rotatable bonds is 4. The van der Waals surface area contributed by atoms with E-state index < -0.39 is 0 Å². The van der Waals surface area contributed by atoms with Crippen LogP contribution in [0.2, 0.25) is 0 Å². The van der Waals surface area contributed by atoms with E-state index in [0.29, 0.717) is 0 Å². The van der Waals surface area contributed by atoms with Gasteiger partial charge in [0, 0.05) is 0 Å². The number of nitrogens with one attached hydrogen (secondary N) is 3. The maximum atomic E-state index is 7.58. The number of hydrogen-bond donors (Lipinski definition) is 5. The minimum atomic E-state index is 0.0805. The molecule has 0 unspecified atom stereocenters. The van der Waals surface area contributed by atoms with Gasteiger partial charge < -0.3 is 0 Å². The van der Waals surface area contributed by atoms with Gasteiger partial charge in [-0.1, -0.05) is 0 Å². The van der Waals surface area contributed by atoms with Crippen LogP contribution >= 0.6 is 0 Å². The van der Waals surface area contributed by atoms with Gasteiger partial charge in [-0.25, -0.2) is 0 Å². The van der Waals surface area contributed by atoms with Crippen molar-refractivity contribution in [1.82, 2.24) is 4.98 Å². The zero-order valence-electron chi connectivity index (χ0n) is 13.8. The predicted octanol–water partition coefficient (Wildman–Crippen LogP) is 3.13. The van der Waals surface area contributed by atoms with Crippen molar-refractivity contribution in [2.75, 3.05) is 0 Å². The van der Waals surface area contributed by atoms with Crippen molar-refractivity contribution < 1.29 is 0 Å². The number of nitrogen functional groups attached to an aromatic ring is 2. The molecule has 2 aromatic heterocycles. The SMILES string of the molecule is N=C(N)c1ccc(-c2ccc(-c3cc4cc(C(=N)N)ccc4[nH]3)[se]2)cc1. The van der Waals surface area contributed by atoms with E-state index in [4.69, 9.17) is 22.3 Å². The molecular formula is C20H17N5Se. The van der Waals surface area contributed by atoms with E-state index in [1.54, 1.807) is 0 Å². The summed E-state index contributed by atoms with van der Waals surface area (Å²) in [5, 5.41) is 16.1. The van der Waals surface area contributed by atoms with E-state index in [1.165, 1.54) is 8.87 Å². The molecule has 0 saturated carbocycles.